The molecule has 5 rings (SSSR count). The van der Waals surface area contributed by atoms with Gasteiger partial charge < -0.3 is 19.2 Å². The van der Waals surface area contributed by atoms with E-state index in [-0.39, 0.29) is 11.3 Å². The van der Waals surface area contributed by atoms with Crippen LogP contribution in [0, 0.1) is 0 Å². The Morgan fingerprint density at radius 2 is 1.72 bits per heavy atom. The van der Waals surface area contributed by atoms with Crippen molar-refractivity contribution >= 4 is 22.7 Å². The van der Waals surface area contributed by atoms with E-state index in [4.69, 9.17) is 9.15 Å². The molecule has 1 fully saturated rings. The summed E-state index contributed by atoms with van der Waals surface area (Å²) in [5.41, 5.74) is 1.41. The molecule has 1 N–H and O–H groups in total. The summed E-state index contributed by atoms with van der Waals surface area (Å²) in [5.74, 6) is -1.41. The molecule has 0 spiro atoms. The number of benzene rings is 2. The van der Waals surface area contributed by atoms with Crippen LogP contribution in [0.4, 0.5) is 0 Å². The average molecular weight is 432 g/mol. The number of carbonyl (C=O) groups is 2. The monoisotopic (exact) mass is 432 g/mol. The Labute approximate surface area is 185 Å². The first-order valence-electron chi connectivity index (χ1n) is 10.8. The van der Waals surface area contributed by atoms with E-state index in [1.807, 2.05) is 48.5 Å². The van der Waals surface area contributed by atoms with Gasteiger partial charge in [-0.1, -0.05) is 48.5 Å². The zero-order valence-electron chi connectivity index (χ0n) is 17.6. The minimum atomic E-state index is -0.676. The number of morpholine rings is 1. The van der Waals surface area contributed by atoms with Crippen LogP contribution in [0.1, 0.15) is 22.2 Å². The second-order valence-corrected chi connectivity index (χ2v) is 8.01. The van der Waals surface area contributed by atoms with Gasteiger partial charge in [0.25, 0.3) is 5.91 Å². The number of ketones is 1. The van der Waals surface area contributed by atoms with Crippen LogP contribution in [-0.2, 0) is 9.53 Å². The van der Waals surface area contributed by atoms with Crippen molar-refractivity contribution in [2.75, 3.05) is 39.4 Å². The van der Waals surface area contributed by atoms with Crippen LogP contribution in [0.15, 0.2) is 76.4 Å². The van der Waals surface area contributed by atoms with Crippen molar-refractivity contribution in [3.05, 3.63) is 83.3 Å². The Morgan fingerprint density at radius 3 is 2.47 bits per heavy atom. The number of nitrogens with zero attached hydrogens (tertiary/aromatic N) is 2. The number of rotatable bonds is 6. The summed E-state index contributed by atoms with van der Waals surface area (Å²) in [4.78, 5) is 30.4. The third kappa shape index (κ3) is 3.70. The van der Waals surface area contributed by atoms with Gasteiger partial charge in [-0.15, -0.1) is 0 Å². The second kappa shape index (κ2) is 8.61. The van der Waals surface area contributed by atoms with E-state index in [1.165, 1.54) is 0 Å². The van der Waals surface area contributed by atoms with Gasteiger partial charge in [0.2, 0.25) is 5.78 Å². The molecule has 0 saturated carbocycles. The number of hydrogen-bond acceptors (Lipinski definition) is 6. The highest BCUT2D eigenvalue weighted by atomic mass is 16.5. The summed E-state index contributed by atoms with van der Waals surface area (Å²) in [6.07, 6.45) is 0. The highest BCUT2D eigenvalue weighted by Crippen LogP contribution is 2.39. The molecule has 0 bridgehead atoms. The average Bonchev–Trinajstić information content (AvgIpc) is 3.38. The first kappa shape index (κ1) is 20.5. The van der Waals surface area contributed by atoms with Crippen molar-refractivity contribution in [1.82, 2.24) is 9.80 Å². The topological polar surface area (TPSA) is 83.2 Å². The number of aliphatic hydroxyl groups excluding tert-OH is 1. The van der Waals surface area contributed by atoms with Crippen LogP contribution in [0.3, 0.4) is 0 Å². The molecule has 0 radical (unpaired) electrons. The third-order valence-corrected chi connectivity index (χ3v) is 6.07. The van der Waals surface area contributed by atoms with E-state index in [2.05, 4.69) is 4.90 Å². The number of Topliss-reactive ketones (excluding diaryl/α,β-unsaturated/α-hetero) is 1. The van der Waals surface area contributed by atoms with Crippen molar-refractivity contribution in [2.24, 2.45) is 0 Å². The molecule has 32 heavy (non-hydrogen) atoms. The fourth-order valence-electron chi connectivity index (χ4n) is 4.40. The van der Waals surface area contributed by atoms with Crippen LogP contribution in [0.25, 0.3) is 11.0 Å². The van der Waals surface area contributed by atoms with Gasteiger partial charge in [-0.3, -0.25) is 14.5 Å². The molecule has 7 nitrogen and oxygen atoms in total. The Morgan fingerprint density at radius 1 is 1.00 bits per heavy atom. The molecule has 1 saturated heterocycles. The quantitative estimate of drug-likeness (QED) is 0.602. The molecule has 1 amide bonds. The maximum atomic E-state index is 13.5. The minimum Gasteiger partial charge on any atom is -0.503 e. The SMILES string of the molecule is O=C(C1=C(O)C(=O)N(CCN2CCOCC2)[C@@H]1c1ccccc1)c1cc2ccccc2o1. The van der Waals surface area contributed by atoms with E-state index in [0.29, 0.717) is 31.9 Å². The van der Waals surface area contributed by atoms with Crippen LogP contribution in [0.2, 0.25) is 0 Å². The number of fused-ring (bicyclic) bond motifs is 1. The van der Waals surface area contributed by atoms with Crippen LogP contribution < -0.4 is 0 Å². The molecule has 3 heterocycles. The zero-order valence-corrected chi connectivity index (χ0v) is 17.6. The van der Waals surface area contributed by atoms with Crippen LogP contribution in [-0.4, -0.2) is 66.0 Å². The summed E-state index contributed by atoms with van der Waals surface area (Å²) < 4.78 is 11.2. The highest BCUT2D eigenvalue weighted by Gasteiger charge is 2.44. The lowest BCUT2D eigenvalue weighted by Gasteiger charge is -2.31. The fourth-order valence-corrected chi connectivity index (χ4v) is 4.40. The fraction of sp³-hybridized carbons (Fsp3) is 0.280. The lowest BCUT2D eigenvalue weighted by molar-refractivity contribution is -0.129. The first-order valence-corrected chi connectivity index (χ1v) is 10.8. The zero-order chi connectivity index (χ0) is 22.1. The molecule has 2 aliphatic rings. The van der Waals surface area contributed by atoms with E-state index < -0.39 is 23.5 Å². The van der Waals surface area contributed by atoms with Crippen LogP contribution >= 0.6 is 0 Å². The first-order chi connectivity index (χ1) is 15.6. The van der Waals surface area contributed by atoms with Crippen molar-refractivity contribution in [3.63, 3.8) is 0 Å². The molecule has 1 atom stereocenters. The number of hydrogen-bond donors (Lipinski definition) is 1. The lowest BCUT2D eigenvalue weighted by Crippen LogP contribution is -2.43. The van der Waals surface area contributed by atoms with Gasteiger partial charge >= 0.3 is 0 Å². The second-order valence-electron chi connectivity index (χ2n) is 8.01. The normalized spacial score (nSPS) is 19.8. The summed E-state index contributed by atoms with van der Waals surface area (Å²) in [6.45, 7) is 3.94. The van der Waals surface area contributed by atoms with Gasteiger partial charge in [-0.25, -0.2) is 0 Å². The van der Waals surface area contributed by atoms with Crippen molar-refractivity contribution in [1.29, 1.82) is 0 Å². The minimum absolute atomic E-state index is 0.0576. The van der Waals surface area contributed by atoms with Crippen molar-refractivity contribution in [2.45, 2.75) is 6.04 Å². The molecule has 7 heteroatoms. The van der Waals surface area contributed by atoms with Gasteiger partial charge in [0.05, 0.1) is 24.8 Å². The Kier molecular flexibility index (Phi) is 5.51. The number of amides is 1. The summed E-state index contributed by atoms with van der Waals surface area (Å²) in [6, 6.07) is 17.6. The molecule has 2 aromatic carbocycles. The molecular formula is C25H24N2O5. The van der Waals surface area contributed by atoms with E-state index in [9.17, 15) is 14.7 Å². The maximum absolute atomic E-state index is 13.5. The molecule has 164 valence electrons. The summed E-state index contributed by atoms with van der Waals surface area (Å²) >= 11 is 0. The standard InChI is InChI=1S/C25H24N2O5/c28-23(20-16-18-8-4-5-9-19(18)32-20)21-22(17-6-2-1-3-7-17)27(25(30)24(21)29)11-10-26-12-14-31-15-13-26/h1-9,16,22,29H,10-15H2/t22-/m1/s1. The van der Waals surface area contributed by atoms with Gasteiger partial charge in [0.15, 0.2) is 11.5 Å². The predicted octanol–water partition coefficient (Wildman–Crippen LogP) is 3.34. The molecule has 1 aromatic heterocycles. The molecular weight excluding hydrogens is 408 g/mol. The summed E-state index contributed by atoms with van der Waals surface area (Å²) in [5, 5.41) is 11.6. The number of carbonyl (C=O) groups excluding carboxylic acids is 2. The van der Waals surface area contributed by atoms with E-state index >= 15 is 0 Å². The Hall–Kier alpha value is -3.42. The van der Waals surface area contributed by atoms with Gasteiger partial charge in [0, 0.05) is 31.6 Å². The Balaban J connectivity index is 1.49. The number of furan rings is 1. The highest BCUT2D eigenvalue weighted by molar-refractivity contribution is 6.16. The van der Waals surface area contributed by atoms with Gasteiger partial charge in [0.1, 0.15) is 5.58 Å². The summed E-state index contributed by atoms with van der Waals surface area (Å²) in [7, 11) is 0. The maximum Gasteiger partial charge on any atom is 0.290 e. The molecule has 2 aliphatic heterocycles. The number of aliphatic hydroxyl groups is 1. The molecule has 0 aliphatic carbocycles. The van der Waals surface area contributed by atoms with Crippen molar-refractivity contribution < 1.29 is 23.8 Å². The number of ether oxygens (including phenoxy) is 1. The van der Waals surface area contributed by atoms with E-state index in [0.717, 1.165) is 24.0 Å². The van der Waals surface area contributed by atoms with Gasteiger partial charge in [-0.05, 0) is 17.7 Å². The Bertz CT molecular complexity index is 1140. The lowest BCUT2D eigenvalue weighted by atomic mass is 9.95. The van der Waals surface area contributed by atoms with Gasteiger partial charge in [-0.2, -0.15) is 0 Å². The third-order valence-electron chi connectivity index (χ3n) is 6.07. The van der Waals surface area contributed by atoms with Crippen LogP contribution in [0.5, 0.6) is 0 Å². The van der Waals surface area contributed by atoms with E-state index in [1.54, 1.807) is 17.0 Å². The molecule has 0 unspecified atom stereocenters. The van der Waals surface area contributed by atoms with Crippen molar-refractivity contribution in [3.8, 4) is 0 Å². The molecule has 3 aromatic rings. The smallest absolute Gasteiger partial charge is 0.290 e. The number of para-hydroxylation sites is 1. The predicted molar refractivity (Wildman–Crippen MR) is 118 cm³/mol. The largest absolute Gasteiger partial charge is 0.503 e.